The number of hydrogen-bond donors (Lipinski definition) is 2. The molecule has 1 aliphatic carbocycles. The van der Waals surface area contributed by atoms with Gasteiger partial charge in [0.15, 0.2) is 0 Å². The van der Waals surface area contributed by atoms with Crippen molar-refractivity contribution in [3.8, 4) is 11.3 Å². The summed E-state index contributed by atoms with van der Waals surface area (Å²) >= 11 is 0. The third-order valence-corrected chi connectivity index (χ3v) is 4.34. The van der Waals surface area contributed by atoms with Gasteiger partial charge in [0.05, 0.1) is 18.3 Å². The Balaban J connectivity index is 1.79. The van der Waals surface area contributed by atoms with Crippen LogP contribution in [0.1, 0.15) is 32.1 Å². The average Bonchev–Trinajstić information content (AvgIpc) is 3.08. The lowest BCUT2D eigenvalue weighted by Gasteiger charge is -2.21. The summed E-state index contributed by atoms with van der Waals surface area (Å²) in [6.07, 6.45) is 4.92. The predicted octanol–water partition coefficient (Wildman–Crippen LogP) is 2.86. The highest BCUT2D eigenvalue weighted by Gasteiger charge is 2.33. The van der Waals surface area contributed by atoms with Crippen LogP contribution in [0, 0.1) is 5.82 Å². The normalized spacial score (nSPS) is 16.5. The molecule has 0 atom stereocenters. The Kier molecular flexibility index (Phi) is 4.17. The van der Waals surface area contributed by atoms with Crippen molar-refractivity contribution in [2.24, 2.45) is 7.05 Å². The number of aromatic nitrogens is 2. The van der Waals surface area contributed by atoms with Crippen LogP contribution in [0.3, 0.4) is 0 Å². The van der Waals surface area contributed by atoms with Crippen molar-refractivity contribution in [1.29, 1.82) is 0 Å². The molecule has 0 radical (unpaired) electrons. The summed E-state index contributed by atoms with van der Waals surface area (Å²) in [5, 5.41) is 13.2. The molecule has 0 spiro atoms. The zero-order valence-electron chi connectivity index (χ0n) is 13.1. The monoisotopic (exact) mass is 317 g/mol. The van der Waals surface area contributed by atoms with Crippen LogP contribution in [-0.4, -0.2) is 26.2 Å². The Morgan fingerprint density at radius 2 is 2.00 bits per heavy atom. The Hall–Kier alpha value is -2.21. The van der Waals surface area contributed by atoms with E-state index in [-0.39, 0.29) is 18.1 Å². The van der Waals surface area contributed by atoms with Gasteiger partial charge in [0.2, 0.25) is 5.91 Å². The fraction of sp³-hybridized carbons (Fsp3) is 0.412. The molecule has 2 aromatic rings. The van der Waals surface area contributed by atoms with E-state index >= 15 is 0 Å². The zero-order valence-corrected chi connectivity index (χ0v) is 13.1. The smallest absolute Gasteiger partial charge is 0.228 e. The van der Waals surface area contributed by atoms with E-state index in [4.69, 9.17) is 0 Å². The van der Waals surface area contributed by atoms with Gasteiger partial charge >= 0.3 is 0 Å². The van der Waals surface area contributed by atoms with Crippen LogP contribution in [0.15, 0.2) is 30.6 Å². The topological polar surface area (TPSA) is 67.2 Å². The Morgan fingerprint density at radius 3 is 2.65 bits per heavy atom. The minimum atomic E-state index is -0.890. The van der Waals surface area contributed by atoms with Crippen molar-refractivity contribution in [2.45, 2.75) is 37.7 Å². The lowest BCUT2D eigenvalue weighted by molar-refractivity contribution is -0.120. The number of amides is 1. The number of halogens is 1. The van der Waals surface area contributed by atoms with Gasteiger partial charge in [0, 0.05) is 12.6 Å². The minimum Gasteiger partial charge on any atom is -0.389 e. The van der Waals surface area contributed by atoms with Gasteiger partial charge in [-0.05, 0) is 37.1 Å². The quantitative estimate of drug-likeness (QED) is 0.911. The molecule has 1 aliphatic rings. The molecule has 5 nitrogen and oxygen atoms in total. The molecule has 1 aromatic heterocycles. The first kappa shape index (κ1) is 15.7. The van der Waals surface area contributed by atoms with Crippen LogP contribution in [0.4, 0.5) is 10.2 Å². The van der Waals surface area contributed by atoms with Crippen molar-refractivity contribution >= 4 is 11.7 Å². The number of imidazole rings is 1. The maximum absolute atomic E-state index is 13.1. The van der Waals surface area contributed by atoms with Crippen LogP contribution in [0.2, 0.25) is 0 Å². The summed E-state index contributed by atoms with van der Waals surface area (Å²) in [6.45, 7) is 0. The SMILES string of the molecule is Cn1cnc(-c2ccc(F)cc2)c1NC(=O)CC1(O)CCCC1. The van der Waals surface area contributed by atoms with Crippen LogP contribution in [0.5, 0.6) is 0 Å². The maximum Gasteiger partial charge on any atom is 0.228 e. The number of aliphatic hydroxyl groups is 1. The van der Waals surface area contributed by atoms with Crippen molar-refractivity contribution in [1.82, 2.24) is 9.55 Å². The molecule has 122 valence electrons. The van der Waals surface area contributed by atoms with Crippen molar-refractivity contribution in [2.75, 3.05) is 5.32 Å². The third-order valence-electron chi connectivity index (χ3n) is 4.34. The van der Waals surface area contributed by atoms with Gasteiger partial charge in [-0.15, -0.1) is 0 Å². The highest BCUT2D eigenvalue weighted by molar-refractivity contribution is 5.94. The van der Waals surface area contributed by atoms with Crippen molar-refractivity contribution < 1.29 is 14.3 Å². The molecule has 1 saturated carbocycles. The van der Waals surface area contributed by atoms with E-state index in [1.807, 2.05) is 0 Å². The Bertz CT molecular complexity index is 703. The summed E-state index contributed by atoms with van der Waals surface area (Å²) in [5.74, 6) is -0.0108. The molecular weight excluding hydrogens is 297 g/mol. The van der Waals surface area contributed by atoms with Gasteiger partial charge < -0.3 is 15.0 Å². The molecule has 1 heterocycles. The largest absolute Gasteiger partial charge is 0.389 e. The molecule has 23 heavy (non-hydrogen) atoms. The average molecular weight is 317 g/mol. The molecule has 0 saturated heterocycles. The van der Waals surface area contributed by atoms with Crippen molar-refractivity contribution in [3.05, 3.63) is 36.4 Å². The summed E-state index contributed by atoms with van der Waals surface area (Å²) in [6, 6.07) is 5.96. The van der Waals surface area contributed by atoms with Crippen molar-refractivity contribution in [3.63, 3.8) is 0 Å². The van der Waals surface area contributed by atoms with Gasteiger partial charge in [-0.1, -0.05) is 12.8 Å². The standard InChI is InChI=1S/C17H20FN3O2/c1-21-11-19-15(12-4-6-13(18)7-5-12)16(21)20-14(22)10-17(23)8-2-3-9-17/h4-7,11,23H,2-3,8-10H2,1H3,(H,20,22). The lowest BCUT2D eigenvalue weighted by Crippen LogP contribution is -2.31. The first-order valence-electron chi connectivity index (χ1n) is 7.76. The number of anilines is 1. The molecule has 1 aromatic carbocycles. The maximum atomic E-state index is 13.1. The van der Waals surface area contributed by atoms with E-state index in [0.29, 0.717) is 24.4 Å². The number of carbonyl (C=O) groups is 1. The van der Waals surface area contributed by atoms with Crippen LogP contribution >= 0.6 is 0 Å². The lowest BCUT2D eigenvalue weighted by atomic mass is 9.97. The van der Waals surface area contributed by atoms with Gasteiger partial charge in [0.25, 0.3) is 0 Å². The van der Waals surface area contributed by atoms with E-state index in [1.54, 1.807) is 30.1 Å². The molecule has 2 N–H and O–H groups in total. The Morgan fingerprint density at radius 1 is 1.35 bits per heavy atom. The number of aryl methyl sites for hydroxylation is 1. The molecule has 6 heteroatoms. The van der Waals surface area contributed by atoms with Crippen LogP contribution < -0.4 is 5.32 Å². The number of rotatable bonds is 4. The fourth-order valence-electron chi connectivity index (χ4n) is 3.08. The number of benzene rings is 1. The molecule has 0 unspecified atom stereocenters. The molecule has 1 amide bonds. The fourth-order valence-corrected chi connectivity index (χ4v) is 3.08. The molecular formula is C17H20FN3O2. The van der Waals surface area contributed by atoms with Gasteiger partial charge in [-0.3, -0.25) is 4.79 Å². The van der Waals surface area contributed by atoms with Gasteiger partial charge in [0.1, 0.15) is 17.3 Å². The number of carbonyl (C=O) groups excluding carboxylic acids is 1. The highest BCUT2D eigenvalue weighted by Crippen LogP contribution is 2.33. The summed E-state index contributed by atoms with van der Waals surface area (Å²) in [5.41, 5.74) is 0.416. The predicted molar refractivity (Wildman–Crippen MR) is 85.3 cm³/mol. The van der Waals surface area contributed by atoms with Gasteiger partial charge in [-0.25, -0.2) is 9.37 Å². The van der Waals surface area contributed by atoms with Crippen LogP contribution in [-0.2, 0) is 11.8 Å². The van der Waals surface area contributed by atoms with Gasteiger partial charge in [-0.2, -0.15) is 0 Å². The number of nitrogens with one attached hydrogen (secondary N) is 1. The van der Waals surface area contributed by atoms with E-state index in [0.717, 1.165) is 18.4 Å². The zero-order chi connectivity index (χ0) is 16.4. The highest BCUT2D eigenvalue weighted by atomic mass is 19.1. The molecule has 3 rings (SSSR count). The second-order valence-corrected chi connectivity index (χ2v) is 6.22. The summed E-state index contributed by atoms with van der Waals surface area (Å²) in [4.78, 5) is 16.6. The molecule has 0 bridgehead atoms. The van der Waals surface area contributed by atoms with E-state index in [2.05, 4.69) is 10.3 Å². The number of hydrogen-bond acceptors (Lipinski definition) is 3. The molecule has 1 fully saturated rings. The second-order valence-electron chi connectivity index (χ2n) is 6.22. The third kappa shape index (κ3) is 3.42. The Labute approximate surface area is 134 Å². The first-order valence-corrected chi connectivity index (χ1v) is 7.76. The van der Waals surface area contributed by atoms with E-state index in [1.165, 1.54) is 12.1 Å². The summed E-state index contributed by atoms with van der Waals surface area (Å²) in [7, 11) is 1.78. The second kappa shape index (κ2) is 6.12. The number of nitrogens with zero attached hydrogens (tertiary/aromatic N) is 2. The van der Waals surface area contributed by atoms with E-state index in [9.17, 15) is 14.3 Å². The first-order chi connectivity index (χ1) is 11.0. The van der Waals surface area contributed by atoms with Crippen LogP contribution in [0.25, 0.3) is 11.3 Å². The summed E-state index contributed by atoms with van der Waals surface area (Å²) < 4.78 is 14.8. The molecule has 0 aliphatic heterocycles. The minimum absolute atomic E-state index is 0.0844. The van der Waals surface area contributed by atoms with E-state index < -0.39 is 5.60 Å².